The summed E-state index contributed by atoms with van der Waals surface area (Å²) in [7, 11) is 0. The molecule has 0 spiro atoms. The number of halogens is 4. The van der Waals surface area contributed by atoms with Crippen molar-refractivity contribution >= 4 is 58.3 Å². The first kappa shape index (κ1) is 13.4. The zero-order chi connectivity index (χ0) is 14.9. The fourth-order valence-electron chi connectivity index (χ4n) is 5.09. The molecular formula is C13H8Cl4O4. The maximum absolute atomic E-state index is 11.9. The number of ether oxygens (including phenoxy) is 2. The van der Waals surface area contributed by atoms with Gasteiger partial charge in [0, 0.05) is 11.8 Å². The summed E-state index contributed by atoms with van der Waals surface area (Å²) in [6.45, 7) is 0. The third kappa shape index (κ3) is 1.18. The molecule has 21 heavy (non-hydrogen) atoms. The van der Waals surface area contributed by atoms with Crippen LogP contribution >= 0.6 is 46.4 Å². The molecule has 1 saturated carbocycles. The quantitative estimate of drug-likeness (QED) is 0.373. The van der Waals surface area contributed by atoms with Gasteiger partial charge in [0.1, 0.15) is 0 Å². The molecule has 3 saturated heterocycles. The van der Waals surface area contributed by atoms with Crippen molar-refractivity contribution in [2.75, 3.05) is 0 Å². The Bertz CT molecular complexity index is 611. The summed E-state index contributed by atoms with van der Waals surface area (Å²) in [5.74, 6) is -2.71. The molecular weight excluding hydrogens is 362 g/mol. The average molecular weight is 370 g/mol. The molecule has 0 aromatic carbocycles. The lowest BCUT2D eigenvalue weighted by Gasteiger charge is -2.40. The van der Waals surface area contributed by atoms with Gasteiger partial charge in [-0.2, -0.15) is 0 Å². The molecule has 8 atom stereocenters. The van der Waals surface area contributed by atoms with Gasteiger partial charge in [0.15, 0.2) is 0 Å². The van der Waals surface area contributed by atoms with Crippen molar-refractivity contribution in [3.05, 3.63) is 10.1 Å². The van der Waals surface area contributed by atoms with Crippen LogP contribution in [-0.4, -0.2) is 33.9 Å². The van der Waals surface area contributed by atoms with Crippen molar-refractivity contribution in [2.24, 2.45) is 23.7 Å². The minimum absolute atomic E-state index is 0.226. The third-order valence-electron chi connectivity index (χ3n) is 5.74. The number of rotatable bonds is 0. The number of fused-ring (bicyclic) bond motifs is 12. The van der Waals surface area contributed by atoms with Crippen LogP contribution in [0.25, 0.3) is 0 Å². The summed E-state index contributed by atoms with van der Waals surface area (Å²) in [5.41, 5.74) is 0. The molecule has 0 unspecified atom stereocenters. The first-order valence-corrected chi connectivity index (χ1v) is 8.17. The topological polar surface area (TPSA) is 52.6 Å². The Kier molecular flexibility index (Phi) is 2.28. The van der Waals surface area contributed by atoms with Crippen molar-refractivity contribution in [2.45, 2.75) is 28.4 Å². The highest BCUT2D eigenvalue weighted by atomic mass is 35.5. The van der Waals surface area contributed by atoms with E-state index in [9.17, 15) is 9.59 Å². The number of hydrogen-bond acceptors (Lipinski definition) is 4. The van der Waals surface area contributed by atoms with Crippen LogP contribution < -0.4 is 0 Å². The van der Waals surface area contributed by atoms with E-state index in [1.807, 2.05) is 0 Å². The Hall–Kier alpha value is -0.000000000000000167. The van der Waals surface area contributed by atoms with Gasteiger partial charge in [0.2, 0.25) is 0 Å². The van der Waals surface area contributed by atoms with Gasteiger partial charge in [-0.15, -0.1) is 23.2 Å². The molecule has 5 aliphatic rings. The lowest BCUT2D eigenvalue weighted by Crippen LogP contribution is -2.50. The zero-order valence-electron chi connectivity index (χ0n) is 10.3. The molecule has 0 radical (unpaired) electrons. The fourth-order valence-corrected chi connectivity index (χ4v) is 7.11. The summed E-state index contributed by atoms with van der Waals surface area (Å²) >= 11 is 26.0. The number of carbonyl (C=O) groups is 2. The molecule has 3 aliphatic heterocycles. The van der Waals surface area contributed by atoms with E-state index >= 15 is 0 Å². The Morgan fingerprint density at radius 1 is 0.905 bits per heavy atom. The highest BCUT2D eigenvalue weighted by molar-refractivity contribution is 6.51. The Labute approximate surface area is 139 Å². The SMILES string of the molecule is O=C1OC(=O)[C@H]2[C@H]3O[C@@H]([C@@H]12)[C@H]1[C@@H]3[C@]2(Cl)C[C@@]1(Cl)C(Cl)=C2Cl. The van der Waals surface area contributed by atoms with Crippen LogP contribution in [0.4, 0.5) is 0 Å². The van der Waals surface area contributed by atoms with Crippen LogP contribution in [0.5, 0.6) is 0 Å². The number of carbonyl (C=O) groups excluding carboxylic acids is 2. The van der Waals surface area contributed by atoms with Gasteiger partial charge < -0.3 is 9.47 Å². The lowest BCUT2D eigenvalue weighted by atomic mass is 9.65. The second-order valence-corrected chi connectivity index (χ2v) is 8.54. The molecule has 0 aromatic heterocycles. The summed E-state index contributed by atoms with van der Waals surface area (Å²) in [6.07, 6.45) is -0.573. The van der Waals surface area contributed by atoms with E-state index in [0.29, 0.717) is 16.5 Å². The molecule has 2 aliphatic carbocycles. The predicted molar refractivity (Wildman–Crippen MR) is 74.2 cm³/mol. The molecule has 8 heteroatoms. The van der Waals surface area contributed by atoms with E-state index in [1.54, 1.807) is 0 Å². The van der Waals surface area contributed by atoms with E-state index in [1.165, 1.54) is 0 Å². The molecule has 3 heterocycles. The van der Waals surface area contributed by atoms with Gasteiger partial charge in [-0.1, -0.05) is 23.2 Å². The normalized spacial score (nSPS) is 59.8. The van der Waals surface area contributed by atoms with Crippen molar-refractivity contribution in [1.29, 1.82) is 0 Å². The fraction of sp³-hybridized carbons (Fsp3) is 0.692. The van der Waals surface area contributed by atoms with E-state index < -0.39 is 45.7 Å². The Morgan fingerprint density at radius 2 is 1.33 bits per heavy atom. The smallest absolute Gasteiger partial charge is 0.320 e. The first-order valence-electron chi connectivity index (χ1n) is 6.66. The van der Waals surface area contributed by atoms with Crippen molar-refractivity contribution in [3.63, 3.8) is 0 Å². The van der Waals surface area contributed by atoms with E-state index in [4.69, 9.17) is 55.9 Å². The van der Waals surface area contributed by atoms with Gasteiger partial charge in [-0.3, -0.25) is 9.59 Å². The summed E-state index contributed by atoms with van der Waals surface area (Å²) < 4.78 is 10.7. The first-order chi connectivity index (χ1) is 9.80. The Balaban J connectivity index is 1.69. The zero-order valence-corrected chi connectivity index (χ0v) is 13.3. The third-order valence-corrected chi connectivity index (χ3v) is 8.23. The van der Waals surface area contributed by atoms with Gasteiger partial charge in [-0.05, 0) is 6.42 Å². The minimum Gasteiger partial charge on any atom is -0.393 e. The van der Waals surface area contributed by atoms with E-state index in [2.05, 4.69) is 0 Å². The second-order valence-electron chi connectivity index (χ2n) is 6.44. The standard InChI is InChI=1S/C13H8Cl4O4/c14-8-9(15)13(17)1-12(8,16)4-5(13)7-3-2(6(4)20-7)10(18)21-11(3)19/h2-7H,1H2/t2-,3+,4+,5-,6-,7+,12-,13+. The summed E-state index contributed by atoms with van der Waals surface area (Å²) in [5, 5.41) is 0.681. The number of alkyl halides is 2. The van der Waals surface area contributed by atoms with Crippen LogP contribution in [0.1, 0.15) is 6.42 Å². The molecule has 112 valence electrons. The summed E-state index contributed by atoms with van der Waals surface area (Å²) in [4.78, 5) is 22.0. The molecule has 4 bridgehead atoms. The highest BCUT2D eigenvalue weighted by Crippen LogP contribution is 2.75. The highest BCUT2D eigenvalue weighted by Gasteiger charge is 2.81. The van der Waals surface area contributed by atoms with E-state index in [-0.39, 0.29) is 11.8 Å². The molecule has 0 aromatic rings. The molecule has 0 N–H and O–H groups in total. The maximum atomic E-state index is 11.9. The number of esters is 2. The largest absolute Gasteiger partial charge is 0.393 e. The average Bonchev–Trinajstić information content (AvgIpc) is 3.13. The van der Waals surface area contributed by atoms with Gasteiger partial charge >= 0.3 is 11.9 Å². The van der Waals surface area contributed by atoms with Crippen LogP contribution in [0.15, 0.2) is 10.1 Å². The molecule has 5 rings (SSSR count). The summed E-state index contributed by atoms with van der Waals surface area (Å²) in [6, 6.07) is 0. The van der Waals surface area contributed by atoms with Gasteiger partial charge in [0.25, 0.3) is 0 Å². The number of allylic oxidation sites excluding steroid dienone is 2. The predicted octanol–water partition coefficient (Wildman–Crippen LogP) is 2.38. The molecule has 4 nitrogen and oxygen atoms in total. The maximum Gasteiger partial charge on any atom is 0.320 e. The van der Waals surface area contributed by atoms with Crippen LogP contribution in [0.2, 0.25) is 0 Å². The minimum atomic E-state index is -0.915. The Morgan fingerprint density at radius 3 is 1.76 bits per heavy atom. The van der Waals surface area contributed by atoms with Gasteiger partial charge in [-0.25, -0.2) is 0 Å². The number of cyclic esters (lactones) is 2. The monoisotopic (exact) mass is 368 g/mol. The van der Waals surface area contributed by atoms with Crippen molar-refractivity contribution < 1.29 is 19.1 Å². The van der Waals surface area contributed by atoms with Gasteiger partial charge in [0.05, 0.1) is 43.9 Å². The van der Waals surface area contributed by atoms with Crippen molar-refractivity contribution in [3.8, 4) is 0 Å². The number of hydrogen-bond donors (Lipinski definition) is 0. The van der Waals surface area contributed by atoms with Crippen LogP contribution in [0.3, 0.4) is 0 Å². The molecule has 0 amide bonds. The van der Waals surface area contributed by atoms with E-state index in [0.717, 1.165) is 0 Å². The second kappa shape index (κ2) is 3.57. The van der Waals surface area contributed by atoms with Crippen LogP contribution in [-0.2, 0) is 19.1 Å². The lowest BCUT2D eigenvalue weighted by molar-refractivity contribution is -0.157. The molecule has 4 fully saturated rings. The van der Waals surface area contributed by atoms with Crippen molar-refractivity contribution in [1.82, 2.24) is 0 Å². The van der Waals surface area contributed by atoms with Crippen LogP contribution in [0, 0.1) is 23.7 Å².